The second-order valence-corrected chi connectivity index (χ2v) is 3.80. The van der Waals surface area contributed by atoms with Gasteiger partial charge in [0.15, 0.2) is 11.5 Å². The maximum absolute atomic E-state index is 5.29. The molecule has 0 N–H and O–H groups in total. The molecule has 70 valence electrons. The number of thiazole rings is 1. The zero-order valence-corrected chi connectivity index (χ0v) is 8.08. The Morgan fingerprint density at radius 1 is 1.21 bits per heavy atom. The van der Waals surface area contributed by atoms with Gasteiger partial charge < -0.3 is 9.47 Å². The van der Waals surface area contributed by atoms with Crippen LogP contribution < -0.4 is 9.47 Å². The first-order valence-corrected chi connectivity index (χ1v) is 5.11. The molecule has 2 heterocycles. The molecule has 0 bridgehead atoms. The molecular formula is C10H7NO2S. The molecular weight excluding hydrogens is 198 g/mol. The maximum Gasteiger partial charge on any atom is 0.231 e. The molecule has 4 heteroatoms. The number of nitrogens with zero attached hydrogens (tertiary/aromatic N) is 1. The van der Waals surface area contributed by atoms with Crippen molar-refractivity contribution in [2.45, 2.75) is 0 Å². The summed E-state index contributed by atoms with van der Waals surface area (Å²) in [4.78, 5) is 4.23. The summed E-state index contributed by atoms with van der Waals surface area (Å²) in [6.07, 6.45) is 1.80. The molecule has 0 aliphatic carbocycles. The van der Waals surface area contributed by atoms with Gasteiger partial charge >= 0.3 is 0 Å². The summed E-state index contributed by atoms with van der Waals surface area (Å²) in [7, 11) is 0. The van der Waals surface area contributed by atoms with Gasteiger partial charge in [0, 0.05) is 17.1 Å². The smallest absolute Gasteiger partial charge is 0.231 e. The summed E-state index contributed by atoms with van der Waals surface area (Å²) < 4.78 is 10.5. The molecule has 1 aliphatic heterocycles. The van der Waals surface area contributed by atoms with E-state index in [0.29, 0.717) is 6.79 Å². The number of benzene rings is 1. The highest BCUT2D eigenvalue weighted by Crippen LogP contribution is 2.36. The van der Waals surface area contributed by atoms with Crippen molar-refractivity contribution >= 4 is 11.3 Å². The van der Waals surface area contributed by atoms with E-state index in [2.05, 4.69) is 4.98 Å². The van der Waals surface area contributed by atoms with E-state index in [-0.39, 0.29) is 0 Å². The van der Waals surface area contributed by atoms with Crippen LogP contribution in [-0.2, 0) is 0 Å². The van der Waals surface area contributed by atoms with Crippen molar-refractivity contribution in [1.82, 2.24) is 4.98 Å². The quantitative estimate of drug-likeness (QED) is 0.717. The molecule has 0 atom stereocenters. The van der Waals surface area contributed by atoms with Crippen LogP contribution in [0, 0.1) is 0 Å². The highest BCUT2D eigenvalue weighted by molar-refractivity contribution is 7.13. The first-order chi connectivity index (χ1) is 6.93. The van der Waals surface area contributed by atoms with Crippen molar-refractivity contribution in [3.05, 3.63) is 29.8 Å². The Morgan fingerprint density at radius 2 is 2.14 bits per heavy atom. The van der Waals surface area contributed by atoms with Crippen molar-refractivity contribution in [3.63, 3.8) is 0 Å². The molecule has 0 radical (unpaired) electrons. The number of rotatable bonds is 1. The first kappa shape index (κ1) is 7.82. The normalized spacial score (nSPS) is 13.1. The van der Waals surface area contributed by atoms with Crippen molar-refractivity contribution < 1.29 is 9.47 Å². The van der Waals surface area contributed by atoms with Gasteiger partial charge in [-0.1, -0.05) is 0 Å². The van der Waals surface area contributed by atoms with Gasteiger partial charge in [0.05, 0.1) is 0 Å². The molecule has 0 saturated heterocycles. The van der Waals surface area contributed by atoms with Crippen LogP contribution in [0.3, 0.4) is 0 Å². The summed E-state index contributed by atoms with van der Waals surface area (Å²) in [5.41, 5.74) is 1.07. The lowest BCUT2D eigenvalue weighted by Gasteiger charge is -1.98. The zero-order valence-electron chi connectivity index (χ0n) is 7.27. The summed E-state index contributed by atoms with van der Waals surface area (Å²) >= 11 is 1.61. The standard InChI is InChI=1S/C10H7NO2S/c1-2-8-9(13-6-12-8)5-7(1)10-11-3-4-14-10/h1-5H,6H2. The molecule has 0 unspecified atom stereocenters. The van der Waals surface area contributed by atoms with Crippen molar-refractivity contribution in [2.75, 3.05) is 6.79 Å². The van der Waals surface area contributed by atoms with Crippen LogP contribution in [0.5, 0.6) is 11.5 Å². The zero-order chi connectivity index (χ0) is 9.38. The van der Waals surface area contributed by atoms with Gasteiger partial charge in [0.1, 0.15) is 5.01 Å². The third-order valence-corrected chi connectivity index (χ3v) is 2.87. The van der Waals surface area contributed by atoms with E-state index >= 15 is 0 Å². The number of fused-ring (bicyclic) bond motifs is 1. The lowest BCUT2D eigenvalue weighted by Crippen LogP contribution is -1.92. The van der Waals surface area contributed by atoms with Gasteiger partial charge in [-0.2, -0.15) is 0 Å². The van der Waals surface area contributed by atoms with E-state index in [1.807, 2.05) is 23.6 Å². The fourth-order valence-electron chi connectivity index (χ4n) is 1.40. The minimum atomic E-state index is 0.316. The third kappa shape index (κ3) is 1.15. The molecule has 0 spiro atoms. The Balaban J connectivity index is 2.09. The molecule has 1 aromatic carbocycles. The lowest BCUT2D eigenvalue weighted by atomic mass is 10.2. The monoisotopic (exact) mass is 205 g/mol. The Labute approximate surface area is 84.9 Å². The predicted molar refractivity (Wildman–Crippen MR) is 53.7 cm³/mol. The van der Waals surface area contributed by atoms with Gasteiger partial charge in [-0.15, -0.1) is 11.3 Å². The molecule has 3 rings (SSSR count). The Hall–Kier alpha value is -1.55. The SMILES string of the molecule is c1csc(-c2ccc3c(c2)OCO3)n1. The van der Waals surface area contributed by atoms with E-state index in [1.54, 1.807) is 17.5 Å². The number of ether oxygens (including phenoxy) is 2. The van der Waals surface area contributed by atoms with E-state index in [0.717, 1.165) is 22.1 Å². The number of hydrogen-bond acceptors (Lipinski definition) is 4. The lowest BCUT2D eigenvalue weighted by molar-refractivity contribution is 0.174. The fourth-order valence-corrected chi connectivity index (χ4v) is 2.03. The number of hydrogen-bond donors (Lipinski definition) is 0. The summed E-state index contributed by atoms with van der Waals surface area (Å²) in [6.45, 7) is 0.316. The number of aromatic nitrogens is 1. The van der Waals surface area contributed by atoms with E-state index in [9.17, 15) is 0 Å². The second kappa shape index (κ2) is 2.99. The average Bonchev–Trinajstić information content (AvgIpc) is 2.88. The van der Waals surface area contributed by atoms with Gasteiger partial charge in [0.25, 0.3) is 0 Å². The molecule has 0 saturated carbocycles. The highest BCUT2D eigenvalue weighted by atomic mass is 32.1. The average molecular weight is 205 g/mol. The van der Waals surface area contributed by atoms with E-state index < -0.39 is 0 Å². The van der Waals surface area contributed by atoms with Gasteiger partial charge in [0.2, 0.25) is 6.79 Å². The maximum atomic E-state index is 5.29. The molecule has 0 fully saturated rings. The van der Waals surface area contributed by atoms with Crippen LogP contribution in [-0.4, -0.2) is 11.8 Å². The summed E-state index contributed by atoms with van der Waals surface area (Å²) in [5.74, 6) is 1.61. The molecule has 0 amide bonds. The van der Waals surface area contributed by atoms with Crippen molar-refractivity contribution in [1.29, 1.82) is 0 Å². The molecule has 1 aliphatic rings. The van der Waals surface area contributed by atoms with Crippen molar-refractivity contribution in [3.8, 4) is 22.1 Å². The predicted octanol–water partition coefficient (Wildman–Crippen LogP) is 2.54. The third-order valence-electron chi connectivity index (χ3n) is 2.05. The van der Waals surface area contributed by atoms with E-state index in [1.165, 1.54) is 0 Å². The van der Waals surface area contributed by atoms with Crippen LogP contribution in [0.25, 0.3) is 10.6 Å². The Kier molecular flexibility index (Phi) is 1.67. The molecule has 14 heavy (non-hydrogen) atoms. The summed E-state index contributed by atoms with van der Waals surface area (Å²) in [6, 6.07) is 5.87. The minimum absolute atomic E-state index is 0.316. The largest absolute Gasteiger partial charge is 0.454 e. The van der Waals surface area contributed by atoms with Crippen LogP contribution in [0.4, 0.5) is 0 Å². The minimum Gasteiger partial charge on any atom is -0.454 e. The molecule has 3 nitrogen and oxygen atoms in total. The Morgan fingerprint density at radius 3 is 3.00 bits per heavy atom. The van der Waals surface area contributed by atoms with Gasteiger partial charge in [-0.3, -0.25) is 0 Å². The van der Waals surface area contributed by atoms with Crippen LogP contribution in [0.15, 0.2) is 29.8 Å². The fraction of sp³-hybridized carbons (Fsp3) is 0.100. The van der Waals surface area contributed by atoms with Crippen LogP contribution in [0.1, 0.15) is 0 Å². The topological polar surface area (TPSA) is 31.4 Å². The van der Waals surface area contributed by atoms with Crippen molar-refractivity contribution in [2.24, 2.45) is 0 Å². The summed E-state index contributed by atoms with van der Waals surface area (Å²) in [5, 5.41) is 2.96. The first-order valence-electron chi connectivity index (χ1n) is 4.23. The van der Waals surface area contributed by atoms with Crippen LogP contribution in [0.2, 0.25) is 0 Å². The highest BCUT2D eigenvalue weighted by Gasteiger charge is 2.14. The van der Waals surface area contributed by atoms with Crippen LogP contribution >= 0.6 is 11.3 Å². The molecule has 1 aromatic heterocycles. The Bertz CT molecular complexity index is 453. The van der Waals surface area contributed by atoms with Gasteiger partial charge in [-0.25, -0.2) is 4.98 Å². The van der Waals surface area contributed by atoms with Gasteiger partial charge in [-0.05, 0) is 18.2 Å². The van der Waals surface area contributed by atoms with E-state index in [4.69, 9.17) is 9.47 Å². The second-order valence-electron chi connectivity index (χ2n) is 2.91. The molecule has 2 aromatic rings.